The molecule has 1 N–H and O–H groups in total. The fourth-order valence-electron chi connectivity index (χ4n) is 0.802. The molecule has 0 saturated heterocycles. The molecule has 0 amide bonds. The third kappa shape index (κ3) is 2.25. The number of benzene rings is 1. The highest BCUT2D eigenvalue weighted by Crippen LogP contribution is 2.13. The molecule has 0 spiro atoms. The Bertz CT molecular complexity index is 433. The lowest BCUT2D eigenvalue weighted by molar-refractivity contribution is 0.153. The molecule has 0 aliphatic carbocycles. The van der Waals surface area contributed by atoms with E-state index >= 15 is 0 Å². The van der Waals surface area contributed by atoms with Crippen LogP contribution in [-0.4, -0.2) is 15.5 Å². The summed E-state index contributed by atoms with van der Waals surface area (Å²) in [6, 6.07) is 2.22. The SMILES string of the molecule is CONS(=O)(=O)c1ccc(F)c(F)c1. The molecule has 0 bridgehead atoms. The first-order chi connectivity index (χ1) is 6.47. The van der Waals surface area contributed by atoms with Crippen LogP contribution in [0.4, 0.5) is 8.78 Å². The van der Waals surface area contributed by atoms with Gasteiger partial charge in [-0.15, -0.1) is 0 Å². The van der Waals surface area contributed by atoms with Gasteiger partial charge in [-0.3, -0.25) is 4.84 Å². The maximum atomic E-state index is 12.6. The van der Waals surface area contributed by atoms with Gasteiger partial charge < -0.3 is 0 Å². The molecule has 0 radical (unpaired) electrons. The second kappa shape index (κ2) is 3.99. The van der Waals surface area contributed by atoms with Gasteiger partial charge in [0.15, 0.2) is 11.6 Å². The van der Waals surface area contributed by atoms with Crippen molar-refractivity contribution in [1.29, 1.82) is 0 Å². The molecule has 7 heteroatoms. The summed E-state index contributed by atoms with van der Waals surface area (Å²) in [5, 5.41) is 0. The van der Waals surface area contributed by atoms with E-state index in [9.17, 15) is 17.2 Å². The summed E-state index contributed by atoms with van der Waals surface area (Å²) >= 11 is 0. The number of hydrogen-bond donors (Lipinski definition) is 1. The van der Waals surface area contributed by atoms with Gasteiger partial charge in [0.2, 0.25) is 0 Å². The molecule has 0 aliphatic heterocycles. The fourth-order valence-corrected chi connectivity index (χ4v) is 1.62. The molecular weight excluding hydrogens is 216 g/mol. The minimum Gasteiger partial charge on any atom is -0.290 e. The Balaban J connectivity index is 3.15. The Hall–Kier alpha value is -1.05. The van der Waals surface area contributed by atoms with Gasteiger partial charge in [-0.2, -0.15) is 0 Å². The van der Waals surface area contributed by atoms with Crippen LogP contribution in [-0.2, 0) is 14.9 Å². The van der Waals surface area contributed by atoms with E-state index in [-0.39, 0.29) is 0 Å². The van der Waals surface area contributed by atoms with Crippen LogP contribution >= 0.6 is 0 Å². The second-order valence-corrected chi connectivity index (χ2v) is 4.01. The highest BCUT2D eigenvalue weighted by molar-refractivity contribution is 7.89. The Kier molecular flexibility index (Phi) is 3.14. The van der Waals surface area contributed by atoms with Gasteiger partial charge in [0.25, 0.3) is 10.0 Å². The summed E-state index contributed by atoms with van der Waals surface area (Å²) in [4.78, 5) is 5.44. The maximum absolute atomic E-state index is 12.6. The van der Waals surface area contributed by atoms with Crippen molar-refractivity contribution in [2.75, 3.05) is 7.11 Å². The molecule has 78 valence electrons. The lowest BCUT2D eigenvalue weighted by Crippen LogP contribution is -2.22. The summed E-state index contributed by atoms with van der Waals surface area (Å²) in [6.45, 7) is 0. The highest BCUT2D eigenvalue weighted by Gasteiger charge is 2.15. The van der Waals surface area contributed by atoms with Crippen LogP contribution in [0.5, 0.6) is 0 Å². The van der Waals surface area contributed by atoms with Crippen LogP contribution in [0, 0.1) is 11.6 Å². The Labute approximate surface area is 79.5 Å². The molecule has 0 atom stereocenters. The third-order valence-corrected chi connectivity index (χ3v) is 2.66. The van der Waals surface area contributed by atoms with Crippen LogP contribution in [0.15, 0.2) is 23.1 Å². The Morgan fingerprint density at radius 2 is 1.93 bits per heavy atom. The third-order valence-electron chi connectivity index (χ3n) is 1.39. The topological polar surface area (TPSA) is 55.4 Å². The summed E-state index contributed by atoms with van der Waals surface area (Å²) in [7, 11) is -2.83. The van der Waals surface area contributed by atoms with E-state index in [1.165, 1.54) is 0 Å². The van der Waals surface area contributed by atoms with Gasteiger partial charge in [-0.25, -0.2) is 17.2 Å². The van der Waals surface area contributed by atoms with Crippen molar-refractivity contribution in [3.63, 3.8) is 0 Å². The van der Waals surface area contributed by atoms with Crippen molar-refractivity contribution in [2.24, 2.45) is 0 Å². The maximum Gasteiger partial charge on any atom is 0.262 e. The van der Waals surface area contributed by atoms with Crippen LogP contribution in [0.3, 0.4) is 0 Å². The molecule has 1 rings (SSSR count). The van der Waals surface area contributed by atoms with Crippen molar-refractivity contribution in [3.05, 3.63) is 29.8 Å². The van der Waals surface area contributed by atoms with Gasteiger partial charge in [0.1, 0.15) is 0 Å². The monoisotopic (exact) mass is 223 g/mol. The standard InChI is InChI=1S/C7H7F2NO3S/c1-13-10-14(11,12)5-2-3-6(8)7(9)4-5/h2-4,10H,1H3. The normalized spacial score (nSPS) is 11.6. The van der Waals surface area contributed by atoms with E-state index in [0.717, 1.165) is 19.2 Å². The lowest BCUT2D eigenvalue weighted by Gasteiger charge is -2.03. The van der Waals surface area contributed by atoms with Crippen molar-refractivity contribution >= 4 is 10.0 Å². The zero-order valence-electron chi connectivity index (χ0n) is 7.12. The second-order valence-electron chi connectivity index (χ2n) is 2.37. The number of rotatable bonds is 3. The lowest BCUT2D eigenvalue weighted by atomic mass is 10.3. The number of hydrogen-bond acceptors (Lipinski definition) is 3. The zero-order valence-corrected chi connectivity index (χ0v) is 7.94. The van der Waals surface area contributed by atoms with E-state index < -0.39 is 26.6 Å². The van der Waals surface area contributed by atoms with Crippen molar-refractivity contribution in [2.45, 2.75) is 4.90 Å². The van der Waals surface area contributed by atoms with E-state index in [0.29, 0.717) is 6.07 Å². The van der Waals surface area contributed by atoms with Gasteiger partial charge in [0.05, 0.1) is 12.0 Å². The van der Waals surface area contributed by atoms with E-state index in [1.807, 2.05) is 0 Å². The van der Waals surface area contributed by atoms with Gasteiger partial charge in [0, 0.05) is 0 Å². The largest absolute Gasteiger partial charge is 0.290 e. The van der Waals surface area contributed by atoms with Gasteiger partial charge >= 0.3 is 0 Å². The quantitative estimate of drug-likeness (QED) is 0.771. The molecule has 14 heavy (non-hydrogen) atoms. The van der Waals surface area contributed by atoms with Crippen LogP contribution < -0.4 is 4.89 Å². The molecule has 4 nitrogen and oxygen atoms in total. The van der Waals surface area contributed by atoms with Gasteiger partial charge in [-0.1, -0.05) is 4.89 Å². The van der Waals surface area contributed by atoms with Crippen LogP contribution in [0.25, 0.3) is 0 Å². The minimum absolute atomic E-state index is 0.404. The van der Waals surface area contributed by atoms with Crippen LogP contribution in [0.1, 0.15) is 0 Å². The summed E-state index contributed by atoms with van der Waals surface area (Å²) in [5.74, 6) is -2.34. The Morgan fingerprint density at radius 3 is 2.43 bits per heavy atom. The highest BCUT2D eigenvalue weighted by atomic mass is 32.2. The number of sulfonamides is 1. The smallest absolute Gasteiger partial charge is 0.262 e. The van der Waals surface area contributed by atoms with Crippen molar-refractivity contribution in [1.82, 2.24) is 4.89 Å². The first-order valence-electron chi connectivity index (χ1n) is 3.47. The van der Waals surface area contributed by atoms with E-state index in [2.05, 4.69) is 4.84 Å². The molecule has 0 aromatic heterocycles. The first kappa shape index (κ1) is 11.0. The number of halogens is 2. The molecule has 0 heterocycles. The average Bonchev–Trinajstić information content (AvgIpc) is 2.09. The fraction of sp³-hybridized carbons (Fsp3) is 0.143. The molecule has 0 saturated carbocycles. The summed E-state index contributed by atoms with van der Waals surface area (Å²) in [6.07, 6.45) is 0. The Morgan fingerprint density at radius 1 is 1.29 bits per heavy atom. The first-order valence-corrected chi connectivity index (χ1v) is 4.95. The summed E-state index contributed by atoms with van der Waals surface area (Å²) in [5.41, 5.74) is 0. The molecule has 1 aromatic carbocycles. The van der Waals surface area contributed by atoms with Crippen molar-refractivity contribution < 1.29 is 22.0 Å². The van der Waals surface area contributed by atoms with E-state index in [1.54, 1.807) is 4.89 Å². The molecule has 0 unspecified atom stereocenters. The van der Waals surface area contributed by atoms with Crippen molar-refractivity contribution in [3.8, 4) is 0 Å². The molecule has 0 aliphatic rings. The molecular formula is C7H7F2NO3S. The van der Waals surface area contributed by atoms with E-state index in [4.69, 9.17) is 0 Å². The minimum atomic E-state index is -3.93. The predicted octanol–water partition coefficient (Wildman–Crippen LogP) is 0.804. The summed E-state index contributed by atoms with van der Waals surface area (Å²) < 4.78 is 47.4. The van der Waals surface area contributed by atoms with Gasteiger partial charge in [-0.05, 0) is 18.2 Å². The molecule has 1 aromatic rings. The molecule has 0 fully saturated rings. The zero-order chi connectivity index (χ0) is 10.8. The average molecular weight is 223 g/mol. The number of nitrogens with one attached hydrogen (secondary N) is 1. The van der Waals surface area contributed by atoms with Crippen LogP contribution in [0.2, 0.25) is 0 Å². The predicted molar refractivity (Wildman–Crippen MR) is 43.7 cm³/mol.